The Kier molecular flexibility index (Phi) is 3.88. The summed E-state index contributed by atoms with van der Waals surface area (Å²) in [4.78, 5) is 21.6. The van der Waals surface area contributed by atoms with Crippen LogP contribution in [0.5, 0.6) is 5.75 Å². The van der Waals surface area contributed by atoms with Gasteiger partial charge in [-0.2, -0.15) is 0 Å². The van der Waals surface area contributed by atoms with Crippen LogP contribution in [0.1, 0.15) is 12.5 Å². The number of phenolic OH excluding ortho intramolecular Hbond substituents is 1. The van der Waals surface area contributed by atoms with Crippen LogP contribution in [-0.4, -0.2) is 28.1 Å². The Morgan fingerprint density at radius 3 is 2.62 bits per heavy atom. The van der Waals surface area contributed by atoms with Crippen molar-refractivity contribution in [2.75, 3.05) is 0 Å². The molecule has 1 atom stereocenters. The monoisotopic (exact) mass is 223 g/mol. The lowest BCUT2D eigenvalue weighted by Crippen LogP contribution is -2.41. The van der Waals surface area contributed by atoms with Crippen molar-refractivity contribution in [3.8, 4) is 5.75 Å². The fourth-order valence-corrected chi connectivity index (χ4v) is 1.36. The summed E-state index contributed by atoms with van der Waals surface area (Å²) in [5, 5.41) is 20.4. The minimum atomic E-state index is -1.10. The molecule has 0 fully saturated rings. The third kappa shape index (κ3) is 3.61. The standard InChI is InChI=1S/C11H13NO4/c1-7(13)12-10(11(15)16)6-8-3-2-4-9(14)5-8/h2-5,10,14H,6H2,1H3,(H,12,13)(H,15,16). The number of carbonyl (C=O) groups is 2. The molecule has 0 aliphatic heterocycles. The molecule has 1 rings (SSSR count). The van der Waals surface area contributed by atoms with Gasteiger partial charge in [0.2, 0.25) is 5.91 Å². The number of nitrogens with one attached hydrogen (secondary N) is 1. The quantitative estimate of drug-likeness (QED) is 0.694. The maximum atomic E-state index is 10.8. The van der Waals surface area contributed by atoms with E-state index in [0.29, 0.717) is 5.56 Å². The highest BCUT2D eigenvalue weighted by Crippen LogP contribution is 2.12. The lowest BCUT2D eigenvalue weighted by atomic mass is 10.1. The summed E-state index contributed by atoms with van der Waals surface area (Å²) in [7, 11) is 0. The Hall–Kier alpha value is -2.04. The number of aliphatic carboxylic acids is 1. The molecule has 1 unspecified atom stereocenters. The molecule has 1 aromatic rings. The van der Waals surface area contributed by atoms with Gasteiger partial charge in [-0.3, -0.25) is 4.79 Å². The number of carboxylic acid groups (broad SMARTS) is 1. The molecule has 16 heavy (non-hydrogen) atoms. The predicted octanol–water partition coefficient (Wildman–Crippen LogP) is 0.524. The van der Waals surface area contributed by atoms with Gasteiger partial charge in [-0.1, -0.05) is 12.1 Å². The lowest BCUT2D eigenvalue weighted by molar-refractivity contribution is -0.141. The zero-order chi connectivity index (χ0) is 12.1. The molecule has 0 heterocycles. The fourth-order valence-electron chi connectivity index (χ4n) is 1.36. The van der Waals surface area contributed by atoms with Crippen LogP contribution in [0.25, 0.3) is 0 Å². The van der Waals surface area contributed by atoms with Gasteiger partial charge in [0.05, 0.1) is 0 Å². The first-order chi connectivity index (χ1) is 7.49. The van der Waals surface area contributed by atoms with Crippen molar-refractivity contribution in [1.29, 1.82) is 0 Å². The lowest BCUT2D eigenvalue weighted by Gasteiger charge is -2.13. The van der Waals surface area contributed by atoms with E-state index in [2.05, 4.69) is 5.32 Å². The van der Waals surface area contributed by atoms with Gasteiger partial charge in [0.15, 0.2) is 0 Å². The van der Waals surface area contributed by atoms with E-state index in [0.717, 1.165) is 0 Å². The smallest absolute Gasteiger partial charge is 0.326 e. The SMILES string of the molecule is CC(=O)NC(Cc1cccc(O)c1)C(=O)O. The van der Waals surface area contributed by atoms with Gasteiger partial charge < -0.3 is 15.5 Å². The predicted molar refractivity (Wildman–Crippen MR) is 57.1 cm³/mol. The average molecular weight is 223 g/mol. The van der Waals surface area contributed by atoms with Gasteiger partial charge in [0, 0.05) is 13.3 Å². The van der Waals surface area contributed by atoms with Crippen molar-refractivity contribution in [1.82, 2.24) is 5.32 Å². The molecule has 3 N–H and O–H groups in total. The van der Waals surface area contributed by atoms with E-state index in [4.69, 9.17) is 5.11 Å². The molecule has 1 amide bonds. The molecule has 0 aliphatic rings. The first-order valence-corrected chi connectivity index (χ1v) is 4.77. The molecule has 0 saturated heterocycles. The highest BCUT2D eigenvalue weighted by Gasteiger charge is 2.18. The Morgan fingerprint density at radius 2 is 2.12 bits per heavy atom. The summed E-state index contributed by atoms with van der Waals surface area (Å²) in [5.74, 6) is -1.42. The van der Waals surface area contributed by atoms with Crippen molar-refractivity contribution < 1.29 is 19.8 Å². The maximum Gasteiger partial charge on any atom is 0.326 e. The second-order valence-corrected chi connectivity index (χ2v) is 3.47. The summed E-state index contributed by atoms with van der Waals surface area (Å²) >= 11 is 0. The van der Waals surface area contributed by atoms with Crippen molar-refractivity contribution >= 4 is 11.9 Å². The molecular formula is C11H13NO4. The number of hydrogen-bond donors (Lipinski definition) is 3. The van der Waals surface area contributed by atoms with E-state index in [1.54, 1.807) is 12.1 Å². The molecule has 86 valence electrons. The molecule has 0 bridgehead atoms. The first-order valence-electron chi connectivity index (χ1n) is 4.77. The first kappa shape index (κ1) is 12.0. The molecule has 0 aliphatic carbocycles. The van der Waals surface area contributed by atoms with Gasteiger partial charge in [-0.15, -0.1) is 0 Å². The highest BCUT2D eigenvalue weighted by molar-refractivity contribution is 5.82. The van der Waals surface area contributed by atoms with Gasteiger partial charge in [0.25, 0.3) is 0 Å². The normalized spacial score (nSPS) is 11.8. The molecule has 5 nitrogen and oxygen atoms in total. The molecule has 0 spiro atoms. The summed E-state index contributed by atoms with van der Waals surface area (Å²) in [6, 6.07) is 5.31. The third-order valence-electron chi connectivity index (χ3n) is 2.03. The van der Waals surface area contributed by atoms with E-state index < -0.39 is 17.9 Å². The van der Waals surface area contributed by atoms with Gasteiger partial charge in [0.1, 0.15) is 11.8 Å². The number of phenols is 1. The molecule has 5 heteroatoms. The van der Waals surface area contributed by atoms with Gasteiger partial charge in [-0.25, -0.2) is 4.79 Å². The summed E-state index contributed by atoms with van der Waals surface area (Å²) in [5.41, 5.74) is 0.654. The van der Waals surface area contributed by atoms with Crippen LogP contribution in [0, 0.1) is 0 Å². The van der Waals surface area contributed by atoms with Crippen LogP contribution in [0.2, 0.25) is 0 Å². The number of aromatic hydroxyl groups is 1. The average Bonchev–Trinajstić information content (AvgIpc) is 2.15. The Balaban J connectivity index is 2.75. The molecular weight excluding hydrogens is 210 g/mol. The Bertz CT molecular complexity index is 403. The molecule has 0 aromatic heterocycles. The zero-order valence-electron chi connectivity index (χ0n) is 8.80. The largest absolute Gasteiger partial charge is 0.508 e. The van der Waals surface area contributed by atoms with Crippen molar-refractivity contribution in [2.45, 2.75) is 19.4 Å². The minimum absolute atomic E-state index is 0.0736. The second-order valence-electron chi connectivity index (χ2n) is 3.47. The van der Waals surface area contributed by atoms with Crippen molar-refractivity contribution in [3.63, 3.8) is 0 Å². The van der Waals surface area contributed by atoms with E-state index in [-0.39, 0.29) is 12.2 Å². The number of carbonyl (C=O) groups excluding carboxylic acids is 1. The zero-order valence-corrected chi connectivity index (χ0v) is 8.80. The minimum Gasteiger partial charge on any atom is -0.508 e. The summed E-state index contributed by atoms with van der Waals surface area (Å²) in [6.45, 7) is 1.26. The van der Waals surface area contributed by atoms with Crippen LogP contribution >= 0.6 is 0 Å². The number of carboxylic acids is 1. The van der Waals surface area contributed by atoms with Gasteiger partial charge in [-0.05, 0) is 17.7 Å². The molecule has 0 saturated carbocycles. The van der Waals surface area contributed by atoms with Crippen LogP contribution < -0.4 is 5.32 Å². The maximum absolute atomic E-state index is 10.8. The summed E-state index contributed by atoms with van der Waals surface area (Å²) < 4.78 is 0. The third-order valence-corrected chi connectivity index (χ3v) is 2.03. The van der Waals surface area contributed by atoms with Crippen LogP contribution in [0.4, 0.5) is 0 Å². The van der Waals surface area contributed by atoms with Crippen molar-refractivity contribution in [2.24, 2.45) is 0 Å². The molecule has 0 radical (unpaired) electrons. The van der Waals surface area contributed by atoms with Crippen LogP contribution in [-0.2, 0) is 16.0 Å². The Labute approximate surface area is 92.7 Å². The van der Waals surface area contributed by atoms with E-state index in [9.17, 15) is 14.7 Å². The number of rotatable bonds is 4. The van der Waals surface area contributed by atoms with Crippen LogP contribution in [0.15, 0.2) is 24.3 Å². The Morgan fingerprint density at radius 1 is 1.44 bits per heavy atom. The van der Waals surface area contributed by atoms with E-state index >= 15 is 0 Å². The second kappa shape index (κ2) is 5.16. The van der Waals surface area contributed by atoms with E-state index in [1.807, 2.05) is 0 Å². The summed E-state index contributed by atoms with van der Waals surface area (Å²) in [6.07, 6.45) is 0.142. The highest BCUT2D eigenvalue weighted by atomic mass is 16.4. The number of hydrogen-bond acceptors (Lipinski definition) is 3. The molecule has 1 aromatic carbocycles. The van der Waals surface area contributed by atoms with Crippen LogP contribution in [0.3, 0.4) is 0 Å². The van der Waals surface area contributed by atoms with E-state index in [1.165, 1.54) is 19.1 Å². The number of amides is 1. The number of benzene rings is 1. The fraction of sp³-hybridized carbons (Fsp3) is 0.273. The topological polar surface area (TPSA) is 86.6 Å². The van der Waals surface area contributed by atoms with Crippen molar-refractivity contribution in [3.05, 3.63) is 29.8 Å². The van der Waals surface area contributed by atoms with Gasteiger partial charge >= 0.3 is 5.97 Å².